The van der Waals surface area contributed by atoms with Crippen molar-refractivity contribution in [3.8, 4) is 11.5 Å². The zero-order valence-electron chi connectivity index (χ0n) is 9.52. The summed E-state index contributed by atoms with van der Waals surface area (Å²) in [4.78, 5) is 14.0. The Kier molecular flexibility index (Phi) is 3.61. The molecule has 0 atom stereocenters. The quantitative estimate of drug-likeness (QED) is 0.516. The molecule has 1 aromatic carbocycles. The summed E-state index contributed by atoms with van der Waals surface area (Å²) in [6.45, 7) is 3.86. The summed E-state index contributed by atoms with van der Waals surface area (Å²) in [7, 11) is 0. The highest BCUT2D eigenvalue weighted by molar-refractivity contribution is 5.98. The molecule has 0 aliphatic carbocycles. The highest BCUT2D eigenvalue weighted by atomic mass is 16.3. The van der Waals surface area contributed by atoms with Crippen LogP contribution in [0.25, 0.3) is 0 Å². The van der Waals surface area contributed by atoms with Gasteiger partial charge in [-0.3, -0.25) is 9.69 Å². The summed E-state index contributed by atoms with van der Waals surface area (Å²) in [5.74, 6) is -0.498. The molecule has 5 nitrogen and oxygen atoms in total. The number of hydrogen-bond donors (Lipinski definition) is 3. The monoisotopic (exact) mass is 236 g/mol. The first-order valence-electron chi connectivity index (χ1n) is 5.65. The third kappa shape index (κ3) is 2.95. The van der Waals surface area contributed by atoms with Crippen LogP contribution in [0.15, 0.2) is 18.2 Å². The molecule has 0 amide bonds. The van der Waals surface area contributed by atoms with Gasteiger partial charge in [-0.05, 0) is 18.2 Å². The van der Waals surface area contributed by atoms with Crippen molar-refractivity contribution in [3.63, 3.8) is 0 Å². The van der Waals surface area contributed by atoms with E-state index in [4.69, 9.17) is 5.11 Å². The van der Waals surface area contributed by atoms with Crippen LogP contribution in [0.3, 0.4) is 0 Å². The molecule has 3 N–H and O–H groups in total. The Morgan fingerprint density at radius 2 is 1.94 bits per heavy atom. The molecule has 1 aliphatic rings. The van der Waals surface area contributed by atoms with Crippen molar-refractivity contribution in [2.75, 3.05) is 32.7 Å². The molecule has 0 bridgehead atoms. The van der Waals surface area contributed by atoms with Gasteiger partial charge in [-0.2, -0.15) is 0 Å². The second-order valence-electron chi connectivity index (χ2n) is 4.15. The molecule has 2 rings (SSSR count). The first-order chi connectivity index (χ1) is 8.16. The smallest absolute Gasteiger partial charge is 0.176 e. The number of carbonyl (C=O) groups excluding carboxylic acids is 1. The van der Waals surface area contributed by atoms with Crippen molar-refractivity contribution < 1.29 is 15.0 Å². The second-order valence-corrected chi connectivity index (χ2v) is 4.15. The van der Waals surface area contributed by atoms with E-state index < -0.39 is 0 Å². The Morgan fingerprint density at radius 1 is 1.24 bits per heavy atom. The van der Waals surface area contributed by atoms with Crippen LogP contribution < -0.4 is 5.32 Å². The molecule has 1 fully saturated rings. The molecule has 0 spiro atoms. The van der Waals surface area contributed by atoms with Gasteiger partial charge in [0, 0.05) is 31.7 Å². The van der Waals surface area contributed by atoms with Crippen molar-refractivity contribution in [1.82, 2.24) is 10.2 Å². The van der Waals surface area contributed by atoms with Crippen LogP contribution in [-0.2, 0) is 0 Å². The lowest BCUT2D eigenvalue weighted by Crippen LogP contribution is -2.45. The molecule has 0 unspecified atom stereocenters. The van der Waals surface area contributed by atoms with Gasteiger partial charge in [-0.1, -0.05) is 0 Å². The first kappa shape index (κ1) is 11.9. The minimum absolute atomic E-state index is 0.0396. The molecule has 0 saturated carbocycles. The van der Waals surface area contributed by atoms with Crippen LogP contribution in [0.1, 0.15) is 10.4 Å². The number of phenolic OH excluding ortho intramolecular Hbond substituents is 2. The Labute approximate surface area is 99.7 Å². The van der Waals surface area contributed by atoms with Gasteiger partial charge in [0.25, 0.3) is 0 Å². The molecule has 1 aliphatic heterocycles. The lowest BCUT2D eigenvalue weighted by Gasteiger charge is -2.26. The molecular weight excluding hydrogens is 220 g/mol. The Bertz CT molecular complexity index is 414. The van der Waals surface area contributed by atoms with E-state index in [0.717, 1.165) is 26.2 Å². The maximum atomic E-state index is 11.9. The fraction of sp³-hybridized carbons (Fsp3) is 0.417. The fourth-order valence-corrected chi connectivity index (χ4v) is 1.86. The average molecular weight is 236 g/mol. The molecule has 0 aromatic heterocycles. The Hall–Kier alpha value is -1.59. The fourth-order valence-electron chi connectivity index (χ4n) is 1.86. The number of aromatic hydroxyl groups is 2. The molecule has 1 saturated heterocycles. The van der Waals surface area contributed by atoms with E-state index in [1.165, 1.54) is 18.2 Å². The molecule has 17 heavy (non-hydrogen) atoms. The lowest BCUT2D eigenvalue weighted by atomic mass is 10.1. The zero-order valence-corrected chi connectivity index (χ0v) is 9.52. The van der Waals surface area contributed by atoms with Crippen LogP contribution in [0.4, 0.5) is 0 Å². The van der Waals surface area contributed by atoms with Gasteiger partial charge < -0.3 is 15.5 Å². The van der Waals surface area contributed by atoms with Crippen LogP contribution in [-0.4, -0.2) is 53.6 Å². The van der Waals surface area contributed by atoms with Crippen LogP contribution >= 0.6 is 0 Å². The highest BCUT2D eigenvalue weighted by Crippen LogP contribution is 2.25. The van der Waals surface area contributed by atoms with Crippen molar-refractivity contribution in [3.05, 3.63) is 23.8 Å². The van der Waals surface area contributed by atoms with E-state index in [2.05, 4.69) is 10.2 Å². The normalized spacial score (nSPS) is 16.9. The third-order valence-corrected chi connectivity index (χ3v) is 2.87. The minimum Gasteiger partial charge on any atom is -0.504 e. The van der Waals surface area contributed by atoms with E-state index in [-0.39, 0.29) is 17.3 Å². The number of piperazine rings is 1. The van der Waals surface area contributed by atoms with E-state index in [0.29, 0.717) is 12.1 Å². The molecular formula is C12H16N2O3. The van der Waals surface area contributed by atoms with Crippen molar-refractivity contribution in [1.29, 1.82) is 0 Å². The number of phenols is 2. The maximum Gasteiger partial charge on any atom is 0.176 e. The maximum absolute atomic E-state index is 11.9. The molecule has 1 heterocycles. The number of carbonyl (C=O) groups is 1. The molecule has 5 heteroatoms. The predicted octanol–water partition coefficient (Wildman–Crippen LogP) is 0.186. The van der Waals surface area contributed by atoms with Gasteiger partial charge in [0.15, 0.2) is 17.3 Å². The van der Waals surface area contributed by atoms with Gasteiger partial charge in [0.1, 0.15) is 0 Å². The number of Topliss-reactive ketones (excluding diaryl/α,β-unsaturated/α-hetero) is 1. The lowest BCUT2D eigenvalue weighted by molar-refractivity contribution is 0.0921. The summed E-state index contributed by atoms with van der Waals surface area (Å²) < 4.78 is 0. The number of rotatable bonds is 3. The molecule has 92 valence electrons. The Morgan fingerprint density at radius 3 is 2.59 bits per heavy atom. The van der Waals surface area contributed by atoms with Crippen molar-refractivity contribution in [2.45, 2.75) is 0 Å². The van der Waals surface area contributed by atoms with Crippen LogP contribution in [0, 0.1) is 0 Å². The number of nitrogens with zero attached hydrogens (tertiary/aromatic N) is 1. The highest BCUT2D eigenvalue weighted by Gasteiger charge is 2.15. The first-order valence-corrected chi connectivity index (χ1v) is 5.65. The standard InChI is InChI=1S/C12H16N2O3/c15-10-2-1-9(7-11(10)16)12(17)8-14-5-3-13-4-6-14/h1-2,7,13,15-16H,3-6,8H2. The second kappa shape index (κ2) is 5.16. The van der Waals surface area contributed by atoms with Gasteiger partial charge in [-0.15, -0.1) is 0 Å². The average Bonchev–Trinajstić information content (AvgIpc) is 2.34. The number of benzene rings is 1. The van der Waals surface area contributed by atoms with E-state index in [9.17, 15) is 9.90 Å². The summed E-state index contributed by atoms with van der Waals surface area (Å²) in [5.41, 5.74) is 0.429. The van der Waals surface area contributed by atoms with Gasteiger partial charge in [-0.25, -0.2) is 0 Å². The SMILES string of the molecule is O=C(CN1CCNCC1)c1ccc(O)c(O)c1. The van der Waals surface area contributed by atoms with Gasteiger partial charge >= 0.3 is 0 Å². The van der Waals surface area contributed by atoms with E-state index in [1.807, 2.05) is 0 Å². The van der Waals surface area contributed by atoms with E-state index in [1.54, 1.807) is 0 Å². The number of nitrogens with one attached hydrogen (secondary N) is 1. The number of ketones is 1. The predicted molar refractivity (Wildman–Crippen MR) is 63.4 cm³/mol. The zero-order chi connectivity index (χ0) is 12.3. The van der Waals surface area contributed by atoms with Gasteiger partial charge in [0.2, 0.25) is 0 Å². The number of hydrogen-bond acceptors (Lipinski definition) is 5. The third-order valence-electron chi connectivity index (χ3n) is 2.87. The van der Waals surface area contributed by atoms with E-state index >= 15 is 0 Å². The topological polar surface area (TPSA) is 72.8 Å². The van der Waals surface area contributed by atoms with Gasteiger partial charge in [0.05, 0.1) is 6.54 Å². The van der Waals surface area contributed by atoms with Crippen LogP contribution in [0.5, 0.6) is 11.5 Å². The minimum atomic E-state index is -0.254. The Balaban J connectivity index is 2.01. The summed E-state index contributed by atoms with van der Waals surface area (Å²) in [5, 5.41) is 21.7. The molecule has 0 radical (unpaired) electrons. The van der Waals surface area contributed by atoms with Crippen molar-refractivity contribution >= 4 is 5.78 Å². The van der Waals surface area contributed by atoms with Crippen LogP contribution in [0.2, 0.25) is 0 Å². The summed E-state index contributed by atoms with van der Waals surface area (Å²) in [6.07, 6.45) is 0. The summed E-state index contributed by atoms with van der Waals surface area (Å²) >= 11 is 0. The largest absolute Gasteiger partial charge is 0.504 e. The van der Waals surface area contributed by atoms with Crippen molar-refractivity contribution in [2.24, 2.45) is 0 Å². The molecule has 1 aromatic rings. The summed E-state index contributed by atoms with van der Waals surface area (Å²) in [6, 6.07) is 4.17.